The minimum absolute atomic E-state index is 0.120. The molecule has 2 aromatic rings. The Hall–Kier alpha value is -1.88. The van der Waals surface area contributed by atoms with Crippen molar-refractivity contribution in [2.45, 2.75) is 25.2 Å². The summed E-state index contributed by atoms with van der Waals surface area (Å²) >= 11 is 3.31. The van der Waals surface area contributed by atoms with Crippen LogP contribution in [-0.4, -0.2) is 17.1 Å². The van der Waals surface area contributed by atoms with E-state index in [1.807, 2.05) is 30.3 Å². The van der Waals surface area contributed by atoms with E-state index in [-0.39, 0.29) is 17.7 Å². The van der Waals surface area contributed by atoms with Crippen molar-refractivity contribution in [3.63, 3.8) is 0 Å². The van der Waals surface area contributed by atoms with Crippen LogP contribution in [-0.2, 0) is 23.0 Å². The van der Waals surface area contributed by atoms with Crippen LogP contribution in [0.2, 0.25) is 0 Å². The molecule has 116 valence electrons. The molecule has 1 aromatic heterocycles. The van der Waals surface area contributed by atoms with E-state index < -0.39 is 5.97 Å². The number of hydrogen-bond donors (Lipinski definition) is 0. The lowest BCUT2D eigenvalue weighted by molar-refractivity contribution is 0.0522. The molecular weight excluding hydrogens is 346 g/mol. The normalized spacial score (nSPS) is 10.5. The molecular formula is C17H18BrNO3. The number of pyridine rings is 1. The summed E-state index contributed by atoms with van der Waals surface area (Å²) in [4.78, 5) is 24.5. The van der Waals surface area contributed by atoms with E-state index >= 15 is 0 Å². The third-order valence-corrected chi connectivity index (χ3v) is 3.96. The van der Waals surface area contributed by atoms with Gasteiger partial charge in [0, 0.05) is 18.1 Å². The first-order valence-electron chi connectivity index (χ1n) is 7.16. The van der Waals surface area contributed by atoms with Gasteiger partial charge in [-0.3, -0.25) is 4.79 Å². The molecule has 1 heterocycles. The van der Waals surface area contributed by atoms with Crippen molar-refractivity contribution in [1.29, 1.82) is 0 Å². The number of ether oxygens (including phenoxy) is 1. The molecule has 0 radical (unpaired) electrons. The SMILES string of the molecule is CCOC(=O)c1c(CBr)ccn(CCc2ccccc2)c1=O. The molecule has 0 saturated heterocycles. The Morgan fingerprint density at radius 1 is 1.23 bits per heavy atom. The van der Waals surface area contributed by atoms with Crippen LogP contribution in [0.25, 0.3) is 0 Å². The van der Waals surface area contributed by atoms with E-state index in [0.717, 1.165) is 12.0 Å². The van der Waals surface area contributed by atoms with Gasteiger partial charge in [-0.05, 0) is 30.5 Å². The third-order valence-electron chi connectivity index (χ3n) is 3.36. The number of rotatable bonds is 6. The van der Waals surface area contributed by atoms with Gasteiger partial charge in [0.05, 0.1) is 6.61 Å². The van der Waals surface area contributed by atoms with Crippen molar-refractivity contribution < 1.29 is 9.53 Å². The van der Waals surface area contributed by atoms with Gasteiger partial charge < -0.3 is 9.30 Å². The summed E-state index contributed by atoms with van der Waals surface area (Å²) in [7, 11) is 0. The average Bonchev–Trinajstić information content (AvgIpc) is 2.54. The molecule has 22 heavy (non-hydrogen) atoms. The van der Waals surface area contributed by atoms with Crippen LogP contribution < -0.4 is 5.56 Å². The van der Waals surface area contributed by atoms with Crippen molar-refractivity contribution in [3.8, 4) is 0 Å². The molecule has 0 aliphatic heterocycles. The van der Waals surface area contributed by atoms with E-state index in [1.165, 1.54) is 0 Å². The zero-order valence-electron chi connectivity index (χ0n) is 12.4. The number of carbonyl (C=O) groups is 1. The van der Waals surface area contributed by atoms with Gasteiger partial charge in [0.15, 0.2) is 0 Å². The number of halogens is 1. The van der Waals surface area contributed by atoms with E-state index in [0.29, 0.717) is 17.4 Å². The number of esters is 1. The first-order valence-corrected chi connectivity index (χ1v) is 8.28. The monoisotopic (exact) mass is 363 g/mol. The standard InChI is InChI=1S/C17H18BrNO3/c1-2-22-17(21)15-14(12-18)9-11-19(16(15)20)10-8-13-6-4-3-5-7-13/h3-7,9,11H,2,8,10,12H2,1H3. The first kappa shape index (κ1) is 16.5. The van der Waals surface area contributed by atoms with E-state index in [4.69, 9.17) is 4.74 Å². The molecule has 0 bridgehead atoms. The average molecular weight is 364 g/mol. The topological polar surface area (TPSA) is 48.3 Å². The lowest BCUT2D eigenvalue weighted by Crippen LogP contribution is -2.29. The maximum absolute atomic E-state index is 12.5. The van der Waals surface area contributed by atoms with Gasteiger partial charge in [0.2, 0.25) is 0 Å². The molecule has 1 aromatic carbocycles. The fourth-order valence-electron chi connectivity index (χ4n) is 2.22. The molecule has 2 rings (SSSR count). The molecule has 0 unspecified atom stereocenters. The molecule has 0 saturated carbocycles. The van der Waals surface area contributed by atoms with Crippen LogP contribution in [0.1, 0.15) is 28.4 Å². The van der Waals surface area contributed by atoms with Crippen molar-refractivity contribution in [1.82, 2.24) is 4.57 Å². The van der Waals surface area contributed by atoms with E-state index in [9.17, 15) is 9.59 Å². The Balaban J connectivity index is 2.27. The summed E-state index contributed by atoms with van der Waals surface area (Å²) in [5.74, 6) is -0.559. The second-order valence-corrected chi connectivity index (χ2v) is 5.36. The molecule has 0 spiro atoms. The summed E-state index contributed by atoms with van der Waals surface area (Å²) in [6.07, 6.45) is 2.46. The number of hydrogen-bond acceptors (Lipinski definition) is 3. The van der Waals surface area contributed by atoms with Gasteiger partial charge in [0.25, 0.3) is 5.56 Å². The summed E-state index contributed by atoms with van der Waals surface area (Å²) in [6, 6.07) is 11.7. The smallest absolute Gasteiger partial charge is 0.344 e. The van der Waals surface area contributed by atoms with Crippen molar-refractivity contribution in [2.75, 3.05) is 6.61 Å². The first-order chi connectivity index (χ1) is 10.7. The lowest BCUT2D eigenvalue weighted by Gasteiger charge is -2.11. The van der Waals surface area contributed by atoms with E-state index in [2.05, 4.69) is 15.9 Å². The third kappa shape index (κ3) is 3.85. The van der Waals surface area contributed by atoms with Gasteiger partial charge in [-0.1, -0.05) is 46.3 Å². The molecule has 5 heteroatoms. The van der Waals surface area contributed by atoms with Gasteiger partial charge in [0.1, 0.15) is 5.56 Å². The van der Waals surface area contributed by atoms with Crippen molar-refractivity contribution in [3.05, 3.63) is 69.6 Å². The number of aromatic nitrogens is 1. The molecule has 0 aliphatic carbocycles. The Morgan fingerprint density at radius 2 is 1.95 bits per heavy atom. The predicted molar refractivity (Wildman–Crippen MR) is 89.4 cm³/mol. The number of benzene rings is 1. The van der Waals surface area contributed by atoms with Gasteiger partial charge in [-0.2, -0.15) is 0 Å². The zero-order chi connectivity index (χ0) is 15.9. The Kier molecular flexibility index (Phi) is 5.95. The van der Waals surface area contributed by atoms with Gasteiger partial charge in [-0.15, -0.1) is 0 Å². The highest BCUT2D eigenvalue weighted by atomic mass is 79.9. The minimum Gasteiger partial charge on any atom is -0.462 e. The molecule has 0 aliphatic rings. The second kappa shape index (κ2) is 7.94. The van der Waals surface area contributed by atoms with Crippen molar-refractivity contribution in [2.24, 2.45) is 0 Å². The molecule has 0 atom stereocenters. The van der Waals surface area contributed by atoms with Crippen LogP contribution >= 0.6 is 15.9 Å². The second-order valence-electron chi connectivity index (χ2n) is 4.80. The van der Waals surface area contributed by atoms with Crippen molar-refractivity contribution >= 4 is 21.9 Å². The quantitative estimate of drug-likeness (QED) is 0.584. The van der Waals surface area contributed by atoms with Crippen LogP contribution in [0.5, 0.6) is 0 Å². The Bertz CT molecular complexity index is 695. The Morgan fingerprint density at radius 3 is 2.59 bits per heavy atom. The van der Waals surface area contributed by atoms with Crippen LogP contribution in [0.3, 0.4) is 0 Å². The number of carbonyl (C=O) groups excluding carboxylic acids is 1. The zero-order valence-corrected chi connectivity index (χ0v) is 14.0. The lowest BCUT2D eigenvalue weighted by atomic mass is 10.1. The number of alkyl halides is 1. The summed E-state index contributed by atoms with van der Waals surface area (Å²) in [5, 5.41) is 0.440. The highest BCUT2D eigenvalue weighted by Gasteiger charge is 2.18. The van der Waals surface area contributed by atoms with Gasteiger partial charge in [-0.25, -0.2) is 4.79 Å². The van der Waals surface area contributed by atoms with E-state index in [1.54, 1.807) is 23.8 Å². The molecule has 0 fully saturated rings. The highest BCUT2D eigenvalue weighted by Crippen LogP contribution is 2.11. The number of nitrogens with zero attached hydrogens (tertiary/aromatic N) is 1. The van der Waals surface area contributed by atoms with Gasteiger partial charge >= 0.3 is 5.97 Å². The maximum atomic E-state index is 12.5. The molecule has 4 nitrogen and oxygen atoms in total. The summed E-state index contributed by atoms with van der Waals surface area (Å²) < 4.78 is 6.56. The summed E-state index contributed by atoms with van der Waals surface area (Å²) in [5.41, 5.74) is 1.62. The van der Waals surface area contributed by atoms with Crippen LogP contribution in [0.15, 0.2) is 47.4 Å². The largest absolute Gasteiger partial charge is 0.462 e. The maximum Gasteiger partial charge on any atom is 0.344 e. The highest BCUT2D eigenvalue weighted by molar-refractivity contribution is 9.08. The summed E-state index contributed by atoms with van der Waals surface area (Å²) in [6.45, 7) is 2.50. The fraction of sp³-hybridized carbons (Fsp3) is 0.294. The number of aryl methyl sites for hydroxylation is 2. The Labute approximate surface area is 137 Å². The molecule has 0 amide bonds. The predicted octanol–water partition coefficient (Wildman–Crippen LogP) is 3.16. The van der Waals surface area contributed by atoms with Crippen LogP contribution in [0, 0.1) is 0 Å². The van der Waals surface area contributed by atoms with Crippen LogP contribution in [0.4, 0.5) is 0 Å². The minimum atomic E-state index is -0.559. The molecule has 0 N–H and O–H groups in total. The fourth-order valence-corrected chi connectivity index (χ4v) is 2.68.